The van der Waals surface area contributed by atoms with Crippen molar-refractivity contribution in [1.29, 1.82) is 0 Å². The monoisotopic (exact) mass is 200 g/mol. The van der Waals surface area contributed by atoms with Crippen molar-refractivity contribution in [3.8, 4) is 0 Å². The Bertz CT molecular complexity index is 294. The van der Waals surface area contributed by atoms with Gasteiger partial charge in [0, 0.05) is 24.2 Å². The molecule has 0 aliphatic carbocycles. The Morgan fingerprint density at radius 1 is 1.14 bits per heavy atom. The van der Waals surface area contributed by atoms with E-state index in [1.54, 1.807) is 6.07 Å². The van der Waals surface area contributed by atoms with E-state index in [4.69, 9.17) is 0 Å². The minimum absolute atomic E-state index is 0.233. The van der Waals surface area contributed by atoms with E-state index < -0.39 is 11.7 Å². The van der Waals surface area contributed by atoms with Gasteiger partial charge in [-0.3, -0.25) is 0 Å². The van der Waals surface area contributed by atoms with E-state index >= 15 is 0 Å². The lowest BCUT2D eigenvalue weighted by Gasteiger charge is -2.19. The first-order valence-corrected chi connectivity index (χ1v) is 4.43. The molecule has 0 unspecified atom stereocenters. The molecule has 4 heteroatoms. The van der Waals surface area contributed by atoms with Gasteiger partial charge in [-0.05, 0) is 6.07 Å². The summed E-state index contributed by atoms with van der Waals surface area (Å²) < 4.78 is 25.8. The van der Waals surface area contributed by atoms with Crippen molar-refractivity contribution in [1.82, 2.24) is 9.97 Å². The van der Waals surface area contributed by atoms with Crippen molar-refractivity contribution >= 4 is 0 Å². The predicted octanol–water partition coefficient (Wildman–Crippen LogP) is 2.89. The SMILES string of the molecule is CC(C)(C)c1ccnc(C(C)(F)F)n1. The highest BCUT2D eigenvalue weighted by Crippen LogP contribution is 2.26. The molecule has 0 N–H and O–H groups in total. The van der Waals surface area contributed by atoms with Crippen LogP contribution in [0.1, 0.15) is 39.2 Å². The standard InChI is InChI=1S/C10H14F2N2/c1-9(2,3)7-5-6-13-8(14-7)10(4,11)12/h5-6H,1-4H3. The molecule has 0 saturated carbocycles. The van der Waals surface area contributed by atoms with Gasteiger partial charge < -0.3 is 0 Å². The van der Waals surface area contributed by atoms with Gasteiger partial charge in [0.2, 0.25) is 0 Å². The molecule has 2 nitrogen and oxygen atoms in total. The first kappa shape index (κ1) is 11.0. The molecule has 1 aromatic rings. The molecule has 14 heavy (non-hydrogen) atoms. The van der Waals surface area contributed by atoms with Gasteiger partial charge in [0.1, 0.15) is 0 Å². The quantitative estimate of drug-likeness (QED) is 0.696. The largest absolute Gasteiger partial charge is 0.303 e. The van der Waals surface area contributed by atoms with Crippen molar-refractivity contribution in [3.05, 3.63) is 23.8 Å². The van der Waals surface area contributed by atoms with Crippen LogP contribution in [-0.4, -0.2) is 9.97 Å². The van der Waals surface area contributed by atoms with Gasteiger partial charge >= 0.3 is 5.92 Å². The van der Waals surface area contributed by atoms with Crippen LogP contribution >= 0.6 is 0 Å². The summed E-state index contributed by atoms with van der Waals surface area (Å²) in [6.07, 6.45) is 1.38. The Morgan fingerprint density at radius 3 is 2.14 bits per heavy atom. The van der Waals surface area contributed by atoms with E-state index in [2.05, 4.69) is 9.97 Å². The highest BCUT2D eigenvalue weighted by Gasteiger charge is 2.29. The number of rotatable bonds is 1. The molecular weight excluding hydrogens is 186 g/mol. The first-order chi connectivity index (χ1) is 6.21. The fraction of sp³-hybridized carbons (Fsp3) is 0.600. The van der Waals surface area contributed by atoms with Crippen LogP contribution in [0.15, 0.2) is 12.3 Å². The molecule has 0 fully saturated rings. The van der Waals surface area contributed by atoms with Crippen molar-refractivity contribution in [2.45, 2.75) is 39.0 Å². The summed E-state index contributed by atoms with van der Waals surface area (Å²) in [4.78, 5) is 7.42. The van der Waals surface area contributed by atoms with Crippen LogP contribution in [0.3, 0.4) is 0 Å². The second-order valence-corrected chi connectivity index (χ2v) is 4.40. The molecule has 0 amide bonds. The van der Waals surface area contributed by atoms with Crippen molar-refractivity contribution in [2.24, 2.45) is 0 Å². The highest BCUT2D eigenvalue weighted by molar-refractivity contribution is 5.13. The molecule has 0 saturated heterocycles. The zero-order valence-electron chi connectivity index (χ0n) is 8.81. The summed E-state index contributed by atoms with van der Waals surface area (Å²) in [6.45, 7) is 6.57. The van der Waals surface area contributed by atoms with E-state index in [9.17, 15) is 8.78 Å². The molecule has 1 aromatic heterocycles. The highest BCUT2D eigenvalue weighted by atomic mass is 19.3. The maximum atomic E-state index is 12.9. The fourth-order valence-corrected chi connectivity index (χ4v) is 0.988. The van der Waals surface area contributed by atoms with Crippen LogP contribution in [0, 0.1) is 0 Å². The summed E-state index contributed by atoms with van der Waals surface area (Å²) >= 11 is 0. The van der Waals surface area contributed by atoms with Crippen LogP contribution < -0.4 is 0 Å². The number of alkyl halides is 2. The van der Waals surface area contributed by atoms with Crippen molar-refractivity contribution < 1.29 is 8.78 Å². The average molecular weight is 200 g/mol. The predicted molar refractivity (Wildman–Crippen MR) is 50.3 cm³/mol. The summed E-state index contributed by atoms with van der Waals surface area (Å²) in [5, 5.41) is 0. The molecular formula is C10H14F2N2. The minimum atomic E-state index is -2.97. The van der Waals surface area contributed by atoms with Gasteiger partial charge in [0.25, 0.3) is 0 Å². The molecule has 78 valence electrons. The van der Waals surface area contributed by atoms with Crippen LogP contribution in [0.4, 0.5) is 8.78 Å². The molecule has 0 spiro atoms. The number of nitrogens with zero attached hydrogens (tertiary/aromatic N) is 2. The summed E-state index contributed by atoms with van der Waals surface area (Å²) in [6, 6.07) is 1.66. The van der Waals surface area contributed by atoms with Crippen LogP contribution in [-0.2, 0) is 11.3 Å². The Labute approximate surface area is 82.4 Å². The number of hydrogen-bond donors (Lipinski definition) is 0. The molecule has 1 heterocycles. The summed E-state index contributed by atoms with van der Waals surface area (Å²) in [7, 11) is 0. The summed E-state index contributed by atoms with van der Waals surface area (Å²) in [5.41, 5.74) is 0.396. The van der Waals surface area contributed by atoms with Crippen molar-refractivity contribution in [3.63, 3.8) is 0 Å². The average Bonchev–Trinajstić information content (AvgIpc) is 2.01. The Morgan fingerprint density at radius 2 is 1.71 bits per heavy atom. The normalized spacial score (nSPS) is 13.0. The van der Waals surface area contributed by atoms with E-state index in [1.807, 2.05) is 20.8 Å². The van der Waals surface area contributed by atoms with Gasteiger partial charge in [-0.2, -0.15) is 8.78 Å². The van der Waals surface area contributed by atoms with Crippen LogP contribution in [0.2, 0.25) is 0 Å². The number of halogens is 2. The second-order valence-electron chi connectivity index (χ2n) is 4.40. The molecule has 1 rings (SSSR count). The molecule has 0 atom stereocenters. The zero-order chi connectivity index (χ0) is 11.0. The van der Waals surface area contributed by atoms with Gasteiger partial charge in [-0.25, -0.2) is 9.97 Å². The second kappa shape index (κ2) is 3.26. The van der Waals surface area contributed by atoms with Gasteiger partial charge in [0.05, 0.1) is 0 Å². The zero-order valence-corrected chi connectivity index (χ0v) is 8.81. The number of hydrogen-bond acceptors (Lipinski definition) is 2. The minimum Gasteiger partial charge on any atom is -0.236 e. The molecule has 0 aliphatic heterocycles. The van der Waals surface area contributed by atoms with Crippen LogP contribution in [0.5, 0.6) is 0 Å². The third kappa shape index (κ3) is 2.47. The van der Waals surface area contributed by atoms with Crippen molar-refractivity contribution in [2.75, 3.05) is 0 Å². The van der Waals surface area contributed by atoms with Crippen LogP contribution in [0.25, 0.3) is 0 Å². The fourth-order valence-electron chi connectivity index (χ4n) is 0.988. The third-order valence-corrected chi connectivity index (χ3v) is 1.82. The van der Waals surface area contributed by atoms with Gasteiger partial charge in [0.15, 0.2) is 5.82 Å². The topological polar surface area (TPSA) is 25.8 Å². The molecule has 0 bridgehead atoms. The van der Waals surface area contributed by atoms with Gasteiger partial charge in [-0.1, -0.05) is 20.8 Å². The first-order valence-electron chi connectivity index (χ1n) is 4.43. The lowest BCUT2D eigenvalue weighted by Crippen LogP contribution is -2.19. The van der Waals surface area contributed by atoms with E-state index in [-0.39, 0.29) is 5.41 Å². The lowest BCUT2D eigenvalue weighted by molar-refractivity contribution is 0.00728. The van der Waals surface area contributed by atoms with E-state index in [0.29, 0.717) is 5.69 Å². The smallest absolute Gasteiger partial charge is 0.236 e. The summed E-state index contributed by atoms with van der Waals surface area (Å²) in [5.74, 6) is -3.38. The van der Waals surface area contributed by atoms with E-state index in [0.717, 1.165) is 6.92 Å². The third-order valence-electron chi connectivity index (χ3n) is 1.82. The maximum absolute atomic E-state index is 12.9. The lowest BCUT2D eigenvalue weighted by atomic mass is 9.92. The molecule has 0 radical (unpaired) electrons. The van der Waals surface area contributed by atoms with E-state index in [1.165, 1.54) is 6.20 Å². The number of aromatic nitrogens is 2. The van der Waals surface area contributed by atoms with Gasteiger partial charge in [-0.15, -0.1) is 0 Å². The molecule has 0 aromatic carbocycles. The molecule has 0 aliphatic rings. The Hall–Kier alpha value is -1.06. The Balaban J connectivity index is 3.15. The Kier molecular flexibility index (Phi) is 2.56. The maximum Gasteiger partial charge on any atom is 0.303 e.